The third-order valence-corrected chi connectivity index (χ3v) is 3.33. The van der Waals surface area contributed by atoms with E-state index in [1.54, 1.807) is 0 Å². The Labute approximate surface area is 116 Å². The zero-order valence-corrected chi connectivity index (χ0v) is 10.6. The first kappa shape index (κ1) is 12.4. The standard InChI is InChI=1S/C16H13NO3/c18-16(19)15-13(11-7-3-1-4-8-11)14(17-20-15)12-9-5-2-6-10-12/h1-10,13,15H,(H,18,19). The summed E-state index contributed by atoms with van der Waals surface area (Å²) in [5.41, 5.74) is 2.43. The fourth-order valence-corrected chi connectivity index (χ4v) is 2.40. The van der Waals surface area contributed by atoms with Gasteiger partial charge in [0, 0.05) is 5.56 Å². The highest BCUT2D eigenvalue weighted by atomic mass is 16.7. The lowest BCUT2D eigenvalue weighted by molar-refractivity contribution is -0.149. The van der Waals surface area contributed by atoms with Gasteiger partial charge >= 0.3 is 5.97 Å². The smallest absolute Gasteiger partial charge is 0.348 e. The first-order valence-electron chi connectivity index (χ1n) is 6.34. The first-order valence-corrected chi connectivity index (χ1v) is 6.34. The normalized spacial score (nSPS) is 21.1. The van der Waals surface area contributed by atoms with Crippen molar-refractivity contribution >= 4 is 11.7 Å². The van der Waals surface area contributed by atoms with Crippen molar-refractivity contribution in [2.75, 3.05) is 0 Å². The van der Waals surface area contributed by atoms with Gasteiger partial charge in [-0.1, -0.05) is 65.8 Å². The summed E-state index contributed by atoms with van der Waals surface area (Å²) in [6.07, 6.45) is -0.979. The van der Waals surface area contributed by atoms with Crippen molar-refractivity contribution in [2.45, 2.75) is 12.0 Å². The molecule has 1 N–H and O–H groups in total. The maximum Gasteiger partial charge on any atom is 0.348 e. The number of carboxylic acids is 1. The molecule has 2 aromatic carbocycles. The highest BCUT2D eigenvalue weighted by Gasteiger charge is 2.41. The molecule has 1 aliphatic rings. The van der Waals surface area contributed by atoms with E-state index >= 15 is 0 Å². The number of rotatable bonds is 3. The average molecular weight is 267 g/mol. The van der Waals surface area contributed by atoms with Gasteiger partial charge in [-0.15, -0.1) is 0 Å². The van der Waals surface area contributed by atoms with Gasteiger partial charge in [-0.25, -0.2) is 4.79 Å². The van der Waals surface area contributed by atoms with E-state index in [-0.39, 0.29) is 0 Å². The summed E-state index contributed by atoms with van der Waals surface area (Å²) in [4.78, 5) is 16.5. The summed E-state index contributed by atoms with van der Waals surface area (Å²) < 4.78 is 0. The van der Waals surface area contributed by atoms with Gasteiger partial charge in [0.25, 0.3) is 0 Å². The molecule has 100 valence electrons. The topological polar surface area (TPSA) is 58.9 Å². The summed E-state index contributed by atoms with van der Waals surface area (Å²) in [6, 6.07) is 19.0. The molecule has 1 aliphatic heterocycles. The molecule has 3 rings (SSSR count). The Bertz CT molecular complexity index is 637. The fourth-order valence-electron chi connectivity index (χ4n) is 2.40. The van der Waals surface area contributed by atoms with Gasteiger partial charge in [0.05, 0.1) is 11.6 Å². The van der Waals surface area contributed by atoms with Crippen LogP contribution in [0.4, 0.5) is 0 Å². The third-order valence-electron chi connectivity index (χ3n) is 3.33. The number of carboxylic acid groups (broad SMARTS) is 1. The van der Waals surface area contributed by atoms with Crippen LogP contribution < -0.4 is 0 Å². The minimum absolute atomic E-state index is 0.393. The SMILES string of the molecule is O=C(O)C1ON=C(c2ccccc2)C1c1ccccc1. The van der Waals surface area contributed by atoms with Gasteiger partial charge in [0.2, 0.25) is 6.10 Å². The molecule has 20 heavy (non-hydrogen) atoms. The van der Waals surface area contributed by atoms with E-state index < -0.39 is 18.0 Å². The average Bonchev–Trinajstić information content (AvgIpc) is 2.94. The van der Waals surface area contributed by atoms with Gasteiger partial charge in [-0.05, 0) is 5.56 Å². The highest BCUT2D eigenvalue weighted by Crippen LogP contribution is 2.32. The van der Waals surface area contributed by atoms with Crippen LogP contribution in [0.3, 0.4) is 0 Å². The molecule has 0 spiro atoms. The Morgan fingerprint density at radius 3 is 2.20 bits per heavy atom. The molecule has 1 heterocycles. The monoisotopic (exact) mass is 267 g/mol. The minimum Gasteiger partial charge on any atom is -0.478 e. The Balaban J connectivity index is 2.04. The second-order valence-corrected chi connectivity index (χ2v) is 4.60. The molecular weight excluding hydrogens is 254 g/mol. The van der Waals surface area contributed by atoms with Crippen molar-refractivity contribution in [3.8, 4) is 0 Å². The van der Waals surface area contributed by atoms with Crippen LogP contribution in [0.25, 0.3) is 0 Å². The lowest BCUT2D eigenvalue weighted by atomic mass is 9.86. The van der Waals surface area contributed by atoms with Gasteiger partial charge < -0.3 is 9.94 Å². The molecule has 2 atom stereocenters. The van der Waals surface area contributed by atoms with Crippen molar-refractivity contribution in [2.24, 2.45) is 5.16 Å². The van der Waals surface area contributed by atoms with E-state index in [1.807, 2.05) is 60.7 Å². The van der Waals surface area contributed by atoms with Crippen molar-refractivity contribution in [3.05, 3.63) is 71.8 Å². The Morgan fingerprint density at radius 1 is 1.00 bits per heavy atom. The molecule has 0 aromatic heterocycles. The molecule has 0 fully saturated rings. The number of nitrogens with zero attached hydrogens (tertiary/aromatic N) is 1. The summed E-state index contributed by atoms with van der Waals surface area (Å²) in [6.45, 7) is 0. The third kappa shape index (κ3) is 2.16. The summed E-state index contributed by atoms with van der Waals surface area (Å²) in [5.74, 6) is -1.40. The highest BCUT2D eigenvalue weighted by molar-refractivity contribution is 6.08. The van der Waals surface area contributed by atoms with Crippen LogP contribution in [-0.4, -0.2) is 22.9 Å². The zero-order chi connectivity index (χ0) is 13.9. The molecule has 2 unspecified atom stereocenters. The zero-order valence-electron chi connectivity index (χ0n) is 10.6. The summed E-state index contributed by atoms with van der Waals surface area (Å²) in [7, 11) is 0. The van der Waals surface area contributed by atoms with Crippen molar-refractivity contribution in [1.82, 2.24) is 0 Å². The van der Waals surface area contributed by atoms with Gasteiger partial charge in [0.15, 0.2) is 0 Å². The lowest BCUT2D eigenvalue weighted by Gasteiger charge is -2.16. The molecule has 0 radical (unpaired) electrons. The maximum atomic E-state index is 11.4. The lowest BCUT2D eigenvalue weighted by Crippen LogP contribution is -2.29. The number of hydrogen-bond acceptors (Lipinski definition) is 3. The Kier molecular flexibility index (Phi) is 3.21. The van der Waals surface area contributed by atoms with Gasteiger partial charge in [-0.3, -0.25) is 0 Å². The van der Waals surface area contributed by atoms with E-state index in [9.17, 15) is 9.90 Å². The second-order valence-electron chi connectivity index (χ2n) is 4.60. The van der Waals surface area contributed by atoms with Crippen LogP contribution in [0.15, 0.2) is 65.8 Å². The van der Waals surface area contributed by atoms with Crippen LogP contribution in [0.1, 0.15) is 17.0 Å². The number of benzene rings is 2. The van der Waals surface area contributed by atoms with Crippen LogP contribution in [0.2, 0.25) is 0 Å². The molecule has 4 nitrogen and oxygen atoms in total. The van der Waals surface area contributed by atoms with Crippen LogP contribution in [0, 0.1) is 0 Å². The second kappa shape index (κ2) is 5.17. The number of oxime groups is 1. The van der Waals surface area contributed by atoms with E-state index in [2.05, 4.69) is 5.16 Å². The molecule has 0 bridgehead atoms. The largest absolute Gasteiger partial charge is 0.478 e. The number of carbonyl (C=O) groups is 1. The van der Waals surface area contributed by atoms with E-state index in [1.165, 1.54) is 0 Å². The van der Waals surface area contributed by atoms with Crippen LogP contribution in [0.5, 0.6) is 0 Å². The molecule has 0 saturated heterocycles. The predicted molar refractivity (Wildman–Crippen MR) is 74.7 cm³/mol. The number of aliphatic carboxylic acids is 1. The minimum atomic E-state index is -1.01. The molecule has 2 aromatic rings. The Morgan fingerprint density at radius 2 is 1.60 bits per heavy atom. The Hall–Kier alpha value is -2.62. The molecular formula is C16H13NO3. The van der Waals surface area contributed by atoms with Crippen molar-refractivity contribution < 1.29 is 14.7 Å². The molecule has 0 amide bonds. The fraction of sp³-hybridized carbons (Fsp3) is 0.125. The maximum absolute atomic E-state index is 11.4. The van der Waals surface area contributed by atoms with E-state index in [0.717, 1.165) is 11.1 Å². The summed E-state index contributed by atoms with van der Waals surface area (Å²) >= 11 is 0. The van der Waals surface area contributed by atoms with Gasteiger partial charge in [0.1, 0.15) is 0 Å². The number of hydrogen-bond donors (Lipinski definition) is 1. The van der Waals surface area contributed by atoms with Gasteiger partial charge in [-0.2, -0.15) is 0 Å². The molecule has 0 saturated carbocycles. The van der Waals surface area contributed by atoms with Crippen LogP contribution in [-0.2, 0) is 9.63 Å². The van der Waals surface area contributed by atoms with E-state index in [4.69, 9.17) is 4.84 Å². The van der Waals surface area contributed by atoms with Crippen LogP contribution >= 0.6 is 0 Å². The molecule has 0 aliphatic carbocycles. The molecule has 4 heteroatoms. The summed E-state index contributed by atoms with van der Waals surface area (Å²) in [5, 5.41) is 13.3. The quantitative estimate of drug-likeness (QED) is 0.930. The van der Waals surface area contributed by atoms with Crippen molar-refractivity contribution in [3.63, 3.8) is 0 Å². The first-order chi connectivity index (χ1) is 9.77. The van der Waals surface area contributed by atoms with Crippen molar-refractivity contribution in [1.29, 1.82) is 0 Å². The van der Waals surface area contributed by atoms with E-state index in [0.29, 0.717) is 5.71 Å². The predicted octanol–water partition coefficient (Wildman–Crippen LogP) is 2.66.